The van der Waals surface area contributed by atoms with Gasteiger partial charge in [-0.3, -0.25) is 4.79 Å². The molecule has 0 radical (unpaired) electrons. The molecule has 0 saturated heterocycles. The minimum absolute atomic E-state index is 0.279. The second kappa shape index (κ2) is 10.6. The summed E-state index contributed by atoms with van der Waals surface area (Å²) in [7, 11) is 0. The van der Waals surface area contributed by atoms with E-state index in [0.717, 1.165) is 11.6 Å². The van der Waals surface area contributed by atoms with E-state index in [4.69, 9.17) is 44.6 Å². The molecule has 3 aromatic rings. The Morgan fingerprint density at radius 1 is 0.969 bits per heavy atom. The number of carboxylic acids is 1. The Kier molecular flexibility index (Phi) is 7.80. The van der Waals surface area contributed by atoms with E-state index >= 15 is 0 Å². The number of ether oxygens (including phenoxy) is 1. The van der Waals surface area contributed by atoms with Crippen LogP contribution >= 0.6 is 34.8 Å². The highest BCUT2D eigenvalue weighted by molar-refractivity contribution is 6.39. The molecule has 0 saturated carbocycles. The summed E-state index contributed by atoms with van der Waals surface area (Å²) in [6, 6.07) is 17.4. The molecule has 8 heteroatoms. The molecule has 2 N–H and O–H groups in total. The largest absolute Gasteiger partial charge is 0.478 e. The Hall–Kier alpha value is -2.99. The van der Waals surface area contributed by atoms with Gasteiger partial charge in [0.1, 0.15) is 16.9 Å². The van der Waals surface area contributed by atoms with Crippen LogP contribution in [0.1, 0.15) is 12.5 Å². The first kappa shape index (κ1) is 23.7. The predicted octanol–water partition coefficient (Wildman–Crippen LogP) is 7.12. The number of nitrogens with one attached hydrogen (secondary N) is 1. The highest BCUT2D eigenvalue weighted by atomic mass is 35.5. The van der Waals surface area contributed by atoms with Crippen LogP contribution in [-0.2, 0) is 9.59 Å². The van der Waals surface area contributed by atoms with Crippen LogP contribution in [0.4, 0.5) is 5.69 Å². The van der Waals surface area contributed by atoms with E-state index in [1.807, 2.05) is 12.1 Å². The van der Waals surface area contributed by atoms with Crippen molar-refractivity contribution in [2.24, 2.45) is 0 Å². The lowest BCUT2D eigenvalue weighted by atomic mass is 10.0. The molecule has 0 heterocycles. The highest BCUT2D eigenvalue weighted by Crippen LogP contribution is 2.37. The van der Waals surface area contributed by atoms with Gasteiger partial charge in [0.25, 0.3) is 0 Å². The number of benzene rings is 3. The Labute approximate surface area is 200 Å². The van der Waals surface area contributed by atoms with Crippen LogP contribution < -0.4 is 10.1 Å². The fourth-order valence-electron chi connectivity index (χ4n) is 2.81. The smallest absolute Gasteiger partial charge is 0.328 e. The number of hydrogen-bond donors (Lipinski definition) is 2. The third-order valence-electron chi connectivity index (χ3n) is 4.34. The van der Waals surface area contributed by atoms with E-state index in [1.165, 1.54) is 6.08 Å². The van der Waals surface area contributed by atoms with E-state index in [1.54, 1.807) is 55.5 Å². The van der Waals surface area contributed by atoms with Gasteiger partial charge in [0.05, 0.1) is 10.0 Å². The molecule has 0 bridgehead atoms. The number of alkyl halides is 1. The van der Waals surface area contributed by atoms with Crippen molar-refractivity contribution in [3.05, 3.63) is 82.3 Å². The molecule has 3 rings (SSSR count). The zero-order chi connectivity index (χ0) is 23.3. The summed E-state index contributed by atoms with van der Waals surface area (Å²) in [5.41, 5.74) is 2.64. The molecular formula is C24H18Cl3NO4. The van der Waals surface area contributed by atoms with Gasteiger partial charge < -0.3 is 15.2 Å². The van der Waals surface area contributed by atoms with Gasteiger partial charge in [0.2, 0.25) is 5.91 Å². The summed E-state index contributed by atoms with van der Waals surface area (Å²) in [5.74, 6) is -0.131. The number of carbonyl (C=O) groups is 2. The molecule has 1 atom stereocenters. The summed E-state index contributed by atoms with van der Waals surface area (Å²) >= 11 is 18.5. The number of anilines is 1. The molecule has 1 amide bonds. The first-order chi connectivity index (χ1) is 15.2. The van der Waals surface area contributed by atoms with Crippen molar-refractivity contribution in [3.63, 3.8) is 0 Å². The van der Waals surface area contributed by atoms with E-state index in [9.17, 15) is 9.59 Å². The lowest BCUT2D eigenvalue weighted by Crippen LogP contribution is -2.20. The molecule has 0 aliphatic carbocycles. The lowest BCUT2D eigenvalue weighted by molar-refractivity contribution is -0.131. The number of amides is 1. The van der Waals surface area contributed by atoms with Gasteiger partial charge in [-0.05, 0) is 72.7 Å². The average molecular weight is 491 g/mol. The maximum atomic E-state index is 11.6. The molecular weight excluding hydrogens is 473 g/mol. The molecule has 0 spiro atoms. The van der Waals surface area contributed by atoms with Crippen LogP contribution in [-0.4, -0.2) is 22.4 Å². The fraction of sp³-hybridized carbons (Fsp3) is 0.0833. The van der Waals surface area contributed by atoms with Crippen molar-refractivity contribution in [2.45, 2.75) is 12.3 Å². The van der Waals surface area contributed by atoms with Gasteiger partial charge in [-0.15, -0.1) is 11.6 Å². The van der Waals surface area contributed by atoms with Crippen molar-refractivity contribution in [1.29, 1.82) is 0 Å². The first-order valence-corrected chi connectivity index (χ1v) is 10.7. The van der Waals surface area contributed by atoms with Gasteiger partial charge in [0.15, 0.2) is 0 Å². The van der Waals surface area contributed by atoms with Crippen LogP contribution in [0.5, 0.6) is 11.5 Å². The van der Waals surface area contributed by atoms with Crippen molar-refractivity contribution >= 4 is 58.4 Å². The molecule has 0 aromatic heterocycles. The maximum absolute atomic E-state index is 11.6. The normalized spacial score (nSPS) is 11.9. The Balaban J connectivity index is 1.73. The van der Waals surface area contributed by atoms with Gasteiger partial charge in [-0.2, -0.15) is 0 Å². The summed E-state index contributed by atoms with van der Waals surface area (Å²) in [6.45, 7) is 1.60. The lowest BCUT2D eigenvalue weighted by Gasteiger charge is -2.11. The second-order valence-electron chi connectivity index (χ2n) is 6.79. The van der Waals surface area contributed by atoms with Crippen LogP contribution in [0.15, 0.2) is 66.7 Å². The molecule has 3 aromatic carbocycles. The van der Waals surface area contributed by atoms with Gasteiger partial charge in [-0.25, -0.2) is 4.79 Å². The van der Waals surface area contributed by atoms with Crippen LogP contribution in [0.25, 0.3) is 17.2 Å². The summed E-state index contributed by atoms with van der Waals surface area (Å²) in [4.78, 5) is 22.3. The molecule has 32 heavy (non-hydrogen) atoms. The number of aliphatic carboxylic acids is 1. The van der Waals surface area contributed by atoms with E-state index in [-0.39, 0.29) is 5.91 Å². The monoisotopic (exact) mass is 489 g/mol. The van der Waals surface area contributed by atoms with E-state index in [0.29, 0.717) is 38.4 Å². The van der Waals surface area contributed by atoms with Crippen LogP contribution in [0, 0.1) is 0 Å². The highest BCUT2D eigenvalue weighted by Gasteiger charge is 2.11. The summed E-state index contributed by atoms with van der Waals surface area (Å²) in [5, 5.41) is 11.6. The number of rotatable bonds is 7. The van der Waals surface area contributed by atoms with Crippen molar-refractivity contribution in [3.8, 4) is 22.6 Å². The van der Waals surface area contributed by atoms with Crippen molar-refractivity contribution in [1.82, 2.24) is 0 Å². The molecule has 0 fully saturated rings. The Morgan fingerprint density at radius 3 is 2.00 bits per heavy atom. The summed E-state index contributed by atoms with van der Waals surface area (Å²) < 4.78 is 5.84. The zero-order valence-corrected chi connectivity index (χ0v) is 19.1. The molecule has 0 aliphatic heterocycles. The molecule has 5 nitrogen and oxygen atoms in total. The standard InChI is InChI=1S/C24H18Cl3NO4/c1-14(25)24(31)28-17-5-9-19(10-6-17)32-18-7-3-16(4-8-18)23-20(26)12-15(13-21(23)27)2-11-22(29)30/h2-14H,1H3,(H,28,31)(H,29,30). The average Bonchev–Trinajstić information content (AvgIpc) is 2.74. The Bertz CT molecular complexity index is 1130. The Morgan fingerprint density at radius 2 is 1.50 bits per heavy atom. The van der Waals surface area contributed by atoms with Crippen LogP contribution in [0.2, 0.25) is 10.0 Å². The second-order valence-corrected chi connectivity index (χ2v) is 8.26. The minimum Gasteiger partial charge on any atom is -0.478 e. The van der Waals surface area contributed by atoms with E-state index < -0.39 is 11.3 Å². The van der Waals surface area contributed by atoms with Crippen LogP contribution in [0.3, 0.4) is 0 Å². The predicted molar refractivity (Wildman–Crippen MR) is 129 cm³/mol. The van der Waals surface area contributed by atoms with Crippen molar-refractivity contribution < 1.29 is 19.4 Å². The molecule has 164 valence electrons. The number of halogens is 3. The number of carbonyl (C=O) groups excluding carboxylic acids is 1. The summed E-state index contributed by atoms with van der Waals surface area (Å²) in [6.07, 6.45) is 2.44. The fourth-order valence-corrected chi connectivity index (χ4v) is 3.58. The zero-order valence-electron chi connectivity index (χ0n) is 16.8. The first-order valence-electron chi connectivity index (χ1n) is 9.46. The number of hydrogen-bond acceptors (Lipinski definition) is 3. The molecule has 1 unspecified atom stereocenters. The van der Waals surface area contributed by atoms with Gasteiger partial charge in [0, 0.05) is 17.3 Å². The van der Waals surface area contributed by atoms with Gasteiger partial charge >= 0.3 is 5.97 Å². The van der Waals surface area contributed by atoms with Gasteiger partial charge in [-0.1, -0.05) is 35.3 Å². The maximum Gasteiger partial charge on any atom is 0.328 e. The molecule has 0 aliphatic rings. The van der Waals surface area contributed by atoms with Crippen molar-refractivity contribution in [2.75, 3.05) is 5.32 Å². The third-order valence-corrected chi connectivity index (χ3v) is 5.14. The van der Waals surface area contributed by atoms with E-state index in [2.05, 4.69) is 5.32 Å². The minimum atomic E-state index is -1.05. The topological polar surface area (TPSA) is 75.6 Å². The third kappa shape index (κ3) is 6.26. The quantitative estimate of drug-likeness (QED) is 0.273. The number of carboxylic acid groups (broad SMARTS) is 1. The SMILES string of the molecule is CC(Cl)C(=O)Nc1ccc(Oc2ccc(-c3c(Cl)cc(C=CC(=O)O)cc3Cl)cc2)cc1.